The Balaban J connectivity index is 2.37. The molecular weight excluding hydrogens is 188 g/mol. The van der Waals surface area contributed by atoms with Gasteiger partial charge in [0.05, 0.1) is 11.6 Å². The maximum absolute atomic E-state index is 11.5. The summed E-state index contributed by atoms with van der Waals surface area (Å²) in [7, 11) is 0. The zero-order chi connectivity index (χ0) is 10.7. The molecule has 2 rings (SSSR count). The van der Waals surface area contributed by atoms with E-state index in [1.54, 1.807) is 12.3 Å². The smallest absolute Gasteiger partial charge is 0.201 e. The molecule has 2 aromatic heterocycles. The molecule has 0 saturated carbocycles. The average Bonchev–Trinajstić information content (AvgIpc) is 2.30. The Hall–Kier alpha value is -1.90. The van der Waals surface area contributed by atoms with Gasteiger partial charge in [0.15, 0.2) is 6.20 Å². The SMILES string of the molecule is CC(c1ccccn1)c1cccc[n+]1[O-]. The standard InChI is InChI=1S/C12H12N2O/c1-10(11-6-2-4-8-13-11)12-7-3-5-9-14(12)15/h2-10H,1H3. The third-order valence-electron chi connectivity index (χ3n) is 2.43. The van der Waals surface area contributed by atoms with Gasteiger partial charge in [-0.25, -0.2) is 0 Å². The van der Waals surface area contributed by atoms with Gasteiger partial charge in [-0.15, -0.1) is 0 Å². The highest BCUT2D eigenvalue weighted by atomic mass is 16.5. The Kier molecular flexibility index (Phi) is 2.63. The fourth-order valence-corrected chi connectivity index (χ4v) is 1.56. The molecule has 15 heavy (non-hydrogen) atoms. The van der Waals surface area contributed by atoms with Crippen LogP contribution in [-0.2, 0) is 0 Å². The molecule has 0 radical (unpaired) electrons. The lowest BCUT2D eigenvalue weighted by Gasteiger charge is -2.10. The van der Waals surface area contributed by atoms with Crippen molar-refractivity contribution in [1.82, 2.24) is 4.98 Å². The van der Waals surface area contributed by atoms with Crippen LogP contribution in [-0.4, -0.2) is 4.98 Å². The van der Waals surface area contributed by atoms with Crippen molar-refractivity contribution in [2.24, 2.45) is 0 Å². The summed E-state index contributed by atoms with van der Waals surface area (Å²) in [6, 6.07) is 11.1. The van der Waals surface area contributed by atoms with E-state index in [4.69, 9.17) is 0 Å². The molecule has 2 heterocycles. The van der Waals surface area contributed by atoms with E-state index >= 15 is 0 Å². The molecule has 0 aliphatic rings. The third-order valence-corrected chi connectivity index (χ3v) is 2.43. The van der Waals surface area contributed by atoms with E-state index in [0.717, 1.165) is 16.1 Å². The summed E-state index contributed by atoms with van der Waals surface area (Å²) in [6.07, 6.45) is 3.25. The molecule has 0 aliphatic heterocycles. The Morgan fingerprint density at radius 3 is 2.67 bits per heavy atom. The Morgan fingerprint density at radius 2 is 2.00 bits per heavy atom. The Labute approximate surface area is 88.6 Å². The van der Waals surface area contributed by atoms with Crippen molar-refractivity contribution in [1.29, 1.82) is 0 Å². The van der Waals surface area contributed by atoms with Crippen molar-refractivity contribution in [2.45, 2.75) is 12.8 Å². The van der Waals surface area contributed by atoms with Crippen molar-refractivity contribution in [2.75, 3.05) is 0 Å². The van der Waals surface area contributed by atoms with Crippen molar-refractivity contribution < 1.29 is 4.73 Å². The van der Waals surface area contributed by atoms with E-state index in [0.29, 0.717) is 0 Å². The first-order valence-corrected chi connectivity index (χ1v) is 4.88. The molecule has 3 heteroatoms. The number of aromatic nitrogens is 2. The fraction of sp³-hybridized carbons (Fsp3) is 0.167. The summed E-state index contributed by atoms with van der Waals surface area (Å²) < 4.78 is 0.888. The van der Waals surface area contributed by atoms with Crippen molar-refractivity contribution >= 4 is 0 Å². The van der Waals surface area contributed by atoms with Gasteiger partial charge in [-0.3, -0.25) is 4.98 Å². The van der Waals surface area contributed by atoms with Gasteiger partial charge in [0.1, 0.15) is 0 Å². The van der Waals surface area contributed by atoms with Gasteiger partial charge in [0.2, 0.25) is 5.69 Å². The van der Waals surface area contributed by atoms with Gasteiger partial charge < -0.3 is 5.21 Å². The van der Waals surface area contributed by atoms with E-state index in [1.165, 1.54) is 6.20 Å². The van der Waals surface area contributed by atoms with Crippen molar-refractivity contribution in [3.05, 3.63) is 65.4 Å². The molecule has 2 aromatic rings. The second kappa shape index (κ2) is 4.09. The van der Waals surface area contributed by atoms with Crippen LogP contribution in [0.5, 0.6) is 0 Å². The van der Waals surface area contributed by atoms with E-state index in [1.807, 2.05) is 37.3 Å². The molecule has 1 unspecified atom stereocenters. The lowest BCUT2D eigenvalue weighted by atomic mass is 10.0. The number of hydrogen-bond acceptors (Lipinski definition) is 2. The first-order chi connectivity index (χ1) is 7.29. The summed E-state index contributed by atoms with van der Waals surface area (Å²) in [6.45, 7) is 1.98. The molecule has 0 spiro atoms. The highest BCUT2D eigenvalue weighted by Crippen LogP contribution is 2.18. The maximum atomic E-state index is 11.5. The summed E-state index contributed by atoms with van der Waals surface area (Å²) in [5.41, 5.74) is 1.63. The van der Waals surface area contributed by atoms with Crippen LogP contribution in [0.1, 0.15) is 24.2 Å². The van der Waals surface area contributed by atoms with Crippen LogP contribution in [0.25, 0.3) is 0 Å². The summed E-state index contributed by atoms with van der Waals surface area (Å²) in [5.74, 6) is 0.0184. The Bertz CT molecular complexity index is 442. The van der Waals surface area contributed by atoms with Crippen LogP contribution in [0.2, 0.25) is 0 Å². The van der Waals surface area contributed by atoms with Crippen LogP contribution in [0, 0.1) is 5.21 Å². The molecule has 1 atom stereocenters. The first-order valence-electron chi connectivity index (χ1n) is 4.88. The van der Waals surface area contributed by atoms with E-state index in [9.17, 15) is 5.21 Å². The minimum atomic E-state index is 0.0184. The zero-order valence-corrected chi connectivity index (χ0v) is 8.50. The van der Waals surface area contributed by atoms with Crippen molar-refractivity contribution in [3.63, 3.8) is 0 Å². The zero-order valence-electron chi connectivity index (χ0n) is 8.50. The molecule has 0 saturated heterocycles. The highest BCUT2D eigenvalue weighted by Gasteiger charge is 2.16. The van der Waals surface area contributed by atoms with Crippen LogP contribution in [0.4, 0.5) is 0 Å². The number of rotatable bonds is 2. The number of pyridine rings is 2. The summed E-state index contributed by atoms with van der Waals surface area (Å²) in [5, 5.41) is 11.5. The van der Waals surface area contributed by atoms with Crippen LogP contribution in [0.3, 0.4) is 0 Å². The minimum Gasteiger partial charge on any atom is -0.618 e. The van der Waals surface area contributed by atoms with Gasteiger partial charge in [0, 0.05) is 18.3 Å². The van der Waals surface area contributed by atoms with Crippen LogP contribution < -0.4 is 4.73 Å². The topological polar surface area (TPSA) is 39.8 Å². The van der Waals surface area contributed by atoms with Crippen molar-refractivity contribution in [3.8, 4) is 0 Å². The molecule has 76 valence electrons. The van der Waals surface area contributed by atoms with Gasteiger partial charge in [-0.05, 0) is 25.1 Å². The van der Waals surface area contributed by atoms with E-state index in [-0.39, 0.29) is 5.92 Å². The molecule has 0 aromatic carbocycles. The van der Waals surface area contributed by atoms with E-state index < -0.39 is 0 Å². The lowest BCUT2D eigenvalue weighted by molar-refractivity contribution is -0.614. The second-order valence-corrected chi connectivity index (χ2v) is 3.43. The Morgan fingerprint density at radius 1 is 1.20 bits per heavy atom. The monoisotopic (exact) mass is 200 g/mol. The van der Waals surface area contributed by atoms with E-state index in [2.05, 4.69) is 4.98 Å². The van der Waals surface area contributed by atoms with Gasteiger partial charge in [-0.1, -0.05) is 6.07 Å². The molecule has 3 nitrogen and oxygen atoms in total. The number of nitrogens with zero attached hydrogens (tertiary/aromatic N) is 2. The quantitative estimate of drug-likeness (QED) is 0.548. The largest absolute Gasteiger partial charge is 0.618 e. The second-order valence-electron chi connectivity index (χ2n) is 3.43. The predicted molar refractivity (Wildman–Crippen MR) is 57.2 cm³/mol. The molecule has 0 fully saturated rings. The first kappa shape index (κ1) is 9.65. The predicted octanol–water partition coefficient (Wildman–Crippen LogP) is 1.87. The van der Waals surface area contributed by atoms with Gasteiger partial charge >= 0.3 is 0 Å². The van der Waals surface area contributed by atoms with Gasteiger partial charge in [0.25, 0.3) is 0 Å². The molecular formula is C12H12N2O. The molecule has 0 N–H and O–H groups in total. The lowest BCUT2D eigenvalue weighted by Crippen LogP contribution is -2.32. The molecule has 0 aliphatic carbocycles. The summed E-state index contributed by atoms with van der Waals surface area (Å²) in [4.78, 5) is 4.24. The minimum absolute atomic E-state index is 0.0184. The highest BCUT2D eigenvalue weighted by molar-refractivity contribution is 5.18. The third kappa shape index (κ3) is 1.96. The fourth-order valence-electron chi connectivity index (χ4n) is 1.56. The normalized spacial score (nSPS) is 12.3. The average molecular weight is 200 g/mol. The van der Waals surface area contributed by atoms with Crippen LogP contribution >= 0.6 is 0 Å². The maximum Gasteiger partial charge on any atom is 0.201 e. The van der Waals surface area contributed by atoms with Crippen LogP contribution in [0.15, 0.2) is 48.8 Å². The summed E-state index contributed by atoms with van der Waals surface area (Å²) >= 11 is 0. The molecule has 0 bridgehead atoms. The number of hydrogen-bond donors (Lipinski definition) is 0. The molecule has 0 amide bonds. The van der Waals surface area contributed by atoms with Gasteiger partial charge in [-0.2, -0.15) is 4.73 Å².